The molecule has 1 unspecified atom stereocenters. The predicted octanol–water partition coefficient (Wildman–Crippen LogP) is 2.66. The predicted molar refractivity (Wildman–Crippen MR) is 75.5 cm³/mol. The molecule has 1 aromatic carbocycles. The minimum atomic E-state index is 0.277. The van der Waals surface area contributed by atoms with Gasteiger partial charge >= 0.3 is 0 Å². The van der Waals surface area contributed by atoms with Gasteiger partial charge < -0.3 is 5.73 Å². The third-order valence-corrected chi connectivity index (χ3v) is 4.77. The summed E-state index contributed by atoms with van der Waals surface area (Å²) in [5.74, 6) is 0. The summed E-state index contributed by atoms with van der Waals surface area (Å²) in [6.45, 7) is 5.80. The van der Waals surface area contributed by atoms with Crippen LogP contribution in [0.4, 0.5) is 0 Å². The highest BCUT2D eigenvalue weighted by Gasteiger charge is 2.47. The lowest BCUT2D eigenvalue weighted by molar-refractivity contribution is 0.331. The monoisotopic (exact) mass is 244 g/mol. The highest BCUT2D eigenvalue weighted by molar-refractivity contribution is 5.36. The fourth-order valence-electron chi connectivity index (χ4n) is 3.32. The van der Waals surface area contributed by atoms with Gasteiger partial charge in [0.25, 0.3) is 0 Å². The molecule has 2 fully saturated rings. The van der Waals surface area contributed by atoms with E-state index in [1.54, 1.807) is 0 Å². The van der Waals surface area contributed by atoms with Crippen molar-refractivity contribution in [3.63, 3.8) is 0 Å². The summed E-state index contributed by atoms with van der Waals surface area (Å²) in [6, 6.07) is 9.42. The largest absolute Gasteiger partial charge is 0.327 e. The van der Waals surface area contributed by atoms with Crippen LogP contribution < -0.4 is 5.73 Å². The maximum absolute atomic E-state index is 6.17. The van der Waals surface area contributed by atoms with Crippen molar-refractivity contribution in [3.8, 4) is 0 Å². The van der Waals surface area contributed by atoms with E-state index in [0.29, 0.717) is 5.41 Å². The highest BCUT2D eigenvalue weighted by atomic mass is 15.1. The smallest absolute Gasteiger partial charge is 0.0233 e. The molecule has 2 N–H and O–H groups in total. The van der Waals surface area contributed by atoms with Crippen LogP contribution in [0.2, 0.25) is 0 Å². The lowest BCUT2D eigenvalue weighted by atomic mass is 9.88. The summed E-state index contributed by atoms with van der Waals surface area (Å²) in [5, 5.41) is 0. The van der Waals surface area contributed by atoms with Gasteiger partial charge in [0.1, 0.15) is 0 Å². The highest BCUT2D eigenvalue weighted by Crippen LogP contribution is 2.50. The lowest BCUT2D eigenvalue weighted by Crippen LogP contribution is -2.31. The third kappa shape index (κ3) is 2.19. The fourth-order valence-corrected chi connectivity index (χ4v) is 3.32. The van der Waals surface area contributed by atoms with Gasteiger partial charge in [0.05, 0.1) is 0 Å². The van der Waals surface area contributed by atoms with Crippen LogP contribution in [0.1, 0.15) is 43.7 Å². The van der Waals surface area contributed by atoms with Crippen LogP contribution in [0.5, 0.6) is 0 Å². The molecule has 1 aromatic rings. The zero-order valence-electron chi connectivity index (χ0n) is 11.4. The fraction of sp³-hybridized carbons (Fsp3) is 0.625. The third-order valence-electron chi connectivity index (χ3n) is 4.77. The molecule has 1 saturated carbocycles. The van der Waals surface area contributed by atoms with Gasteiger partial charge in [0.15, 0.2) is 0 Å². The van der Waals surface area contributed by atoms with Crippen LogP contribution in [0.3, 0.4) is 0 Å². The first kappa shape index (κ1) is 12.2. The molecule has 0 amide bonds. The Hall–Kier alpha value is -0.860. The summed E-state index contributed by atoms with van der Waals surface area (Å²) >= 11 is 0. The molecule has 2 aliphatic rings. The van der Waals surface area contributed by atoms with Crippen LogP contribution in [0, 0.1) is 0 Å². The average molecular weight is 244 g/mol. The lowest BCUT2D eigenvalue weighted by Gasteiger charge is -2.22. The second-order valence-electron chi connectivity index (χ2n) is 6.13. The van der Waals surface area contributed by atoms with Gasteiger partial charge in [-0.25, -0.2) is 0 Å². The molecule has 2 nitrogen and oxygen atoms in total. The van der Waals surface area contributed by atoms with Gasteiger partial charge in [-0.05, 0) is 56.8 Å². The Kier molecular flexibility index (Phi) is 3.16. The van der Waals surface area contributed by atoms with E-state index < -0.39 is 0 Å². The molecule has 0 aromatic heterocycles. The van der Waals surface area contributed by atoms with E-state index in [4.69, 9.17) is 5.73 Å². The van der Waals surface area contributed by atoms with Gasteiger partial charge in [-0.3, -0.25) is 4.90 Å². The molecular weight excluding hydrogens is 220 g/mol. The van der Waals surface area contributed by atoms with E-state index in [2.05, 4.69) is 36.1 Å². The van der Waals surface area contributed by atoms with E-state index in [1.807, 2.05) is 0 Å². The molecule has 1 atom stereocenters. The van der Waals surface area contributed by atoms with Crippen molar-refractivity contribution in [3.05, 3.63) is 35.4 Å². The molecule has 0 spiro atoms. The first-order chi connectivity index (χ1) is 8.71. The molecule has 1 heterocycles. The Balaban J connectivity index is 1.77. The van der Waals surface area contributed by atoms with Gasteiger partial charge in [-0.15, -0.1) is 0 Å². The van der Waals surface area contributed by atoms with Crippen molar-refractivity contribution < 1.29 is 0 Å². The first-order valence-corrected chi connectivity index (χ1v) is 7.28. The topological polar surface area (TPSA) is 29.3 Å². The van der Waals surface area contributed by atoms with E-state index in [9.17, 15) is 0 Å². The Bertz CT molecular complexity index is 415. The molecule has 18 heavy (non-hydrogen) atoms. The van der Waals surface area contributed by atoms with Crippen LogP contribution in [-0.4, -0.2) is 24.0 Å². The van der Waals surface area contributed by atoms with Gasteiger partial charge in [-0.2, -0.15) is 0 Å². The second kappa shape index (κ2) is 4.67. The Morgan fingerprint density at radius 3 is 2.61 bits per heavy atom. The second-order valence-corrected chi connectivity index (χ2v) is 6.13. The number of benzene rings is 1. The number of nitrogens with two attached hydrogens (primary N) is 1. The number of hydrogen-bond donors (Lipinski definition) is 1. The summed E-state index contributed by atoms with van der Waals surface area (Å²) < 4.78 is 0. The molecule has 0 radical (unpaired) electrons. The maximum Gasteiger partial charge on any atom is 0.0233 e. The molecule has 2 heteroatoms. The number of hydrogen-bond acceptors (Lipinski definition) is 2. The molecule has 1 aliphatic heterocycles. The molecular formula is C16H24N2. The molecule has 0 bridgehead atoms. The van der Waals surface area contributed by atoms with Crippen molar-refractivity contribution >= 4 is 0 Å². The van der Waals surface area contributed by atoms with Gasteiger partial charge in [0, 0.05) is 18.0 Å². The van der Waals surface area contributed by atoms with E-state index >= 15 is 0 Å². The van der Waals surface area contributed by atoms with Crippen LogP contribution in [0.15, 0.2) is 24.3 Å². The molecule has 98 valence electrons. The van der Waals surface area contributed by atoms with Crippen molar-refractivity contribution in [2.75, 3.05) is 13.1 Å². The summed E-state index contributed by atoms with van der Waals surface area (Å²) in [7, 11) is 0. The van der Waals surface area contributed by atoms with Gasteiger partial charge in [0.2, 0.25) is 0 Å². The van der Waals surface area contributed by atoms with E-state index in [-0.39, 0.29) is 6.04 Å². The molecule has 1 aliphatic carbocycles. The Morgan fingerprint density at radius 1 is 1.28 bits per heavy atom. The molecule has 1 saturated heterocycles. The summed E-state index contributed by atoms with van der Waals surface area (Å²) in [6.07, 6.45) is 5.25. The molecule has 3 rings (SSSR count). The summed E-state index contributed by atoms with van der Waals surface area (Å²) in [4.78, 5) is 2.56. The van der Waals surface area contributed by atoms with Crippen LogP contribution in [0.25, 0.3) is 0 Å². The van der Waals surface area contributed by atoms with Crippen molar-refractivity contribution in [1.29, 1.82) is 0 Å². The standard InChI is InChI=1S/C16H24N2/c1-13(17)16(7-8-16)15-6-4-5-14(11-15)12-18-9-2-3-10-18/h4-6,11,13H,2-3,7-10,12,17H2,1H3. The summed E-state index contributed by atoms with van der Waals surface area (Å²) in [5.41, 5.74) is 9.39. The van der Waals surface area contributed by atoms with Crippen molar-refractivity contribution in [2.24, 2.45) is 5.73 Å². The normalized spacial score (nSPS) is 24.1. The number of likely N-dealkylation sites (tertiary alicyclic amines) is 1. The van der Waals surface area contributed by atoms with Crippen LogP contribution >= 0.6 is 0 Å². The van der Waals surface area contributed by atoms with E-state index in [1.165, 1.54) is 49.9 Å². The number of rotatable bonds is 4. The number of nitrogens with zero attached hydrogens (tertiary/aromatic N) is 1. The Labute approximate surface area is 110 Å². The first-order valence-electron chi connectivity index (χ1n) is 7.28. The zero-order valence-corrected chi connectivity index (χ0v) is 11.4. The Morgan fingerprint density at radius 2 is 2.00 bits per heavy atom. The van der Waals surface area contributed by atoms with Crippen molar-refractivity contribution in [2.45, 2.75) is 50.6 Å². The van der Waals surface area contributed by atoms with E-state index in [0.717, 1.165) is 6.54 Å². The van der Waals surface area contributed by atoms with Gasteiger partial charge in [-0.1, -0.05) is 24.3 Å². The quantitative estimate of drug-likeness (QED) is 0.882. The maximum atomic E-state index is 6.17. The van der Waals surface area contributed by atoms with Crippen LogP contribution in [-0.2, 0) is 12.0 Å². The minimum Gasteiger partial charge on any atom is -0.327 e. The average Bonchev–Trinajstić information content (AvgIpc) is 3.04. The minimum absolute atomic E-state index is 0.277. The van der Waals surface area contributed by atoms with Crippen molar-refractivity contribution in [1.82, 2.24) is 4.90 Å². The zero-order chi connectivity index (χ0) is 12.6. The SMILES string of the molecule is CC(N)C1(c2cccc(CN3CCCC3)c2)CC1.